The Morgan fingerprint density at radius 2 is 1.77 bits per heavy atom. The van der Waals surface area contributed by atoms with Gasteiger partial charge in [-0.1, -0.05) is 19.3 Å². The van der Waals surface area contributed by atoms with E-state index in [2.05, 4.69) is 0 Å². The molecule has 2 N–H and O–H groups in total. The minimum Gasteiger partial charge on any atom is -0.516 e. The molecule has 13 heavy (non-hydrogen) atoms. The Labute approximate surface area is 79.1 Å². The third-order valence-electron chi connectivity index (χ3n) is 2.01. The van der Waals surface area contributed by atoms with E-state index < -0.39 is 5.97 Å². The summed E-state index contributed by atoms with van der Waals surface area (Å²) in [5.41, 5.74) is 0. The summed E-state index contributed by atoms with van der Waals surface area (Å²) in [6.45, 7) is 1.08. The predicted molar refractivity (Wildman–Crippen MR) is 51.7 cm³/mol. The van der Waals surface area contributed by atoms with Crippen LogP contribution in [0.3, 0.4) is 0 Å². The number of carboxylic acids is 1. The Morgan fingerprint density at radius 1 is 1.31 bits per heavy atom. The highest BCUT2D eigenvalue weighted by Crippen LogP contribution is 2.23. The number of carbonyl (C=O) groups is 1. The van der Waals surface area contributed by atoms with E-state index in [9.17, 15) is 0 Å². The molecule has 0 atom stereocenters. The van der Waals surface area contributed by atoms with E-state index >= 15 is 0 Å². The first-order valence-corrected chi connectivity index (χ1v) is 4.67. The van der Waals surface area contributed by atoms with Gasteiger partial charge in [-0.25, -0.2) is 0 Å². The van der Waals surface area contributed by atoms with Crippen molar-refractivity contribution in [2.24, 2.45) is 5.92 Å². The highest BCUT2D eigenvalue weighted by molar-refractivity contribution is 5.62. The van der Waals surface area contributed by atoms with Gasteiger partial charge in [0.25, 0.3) is 5.97 Å². The molecule has 76 valence electrons. The molecule has 1 rings (SSSR count). The number of hydrogen-bond acceptors (Lipinski definition) is 2. The Morgan fingerprint density at radius 3 is 2.15 bits per heavy atom. The SMILES string of the molecule is CC(=O)O.OC=CC1CCCCC1. The Balaban J connectivity index is 0.000000310. The number of rotatable bonds is 1. The van der Waals surface area contributed by atoms with Crippen LogP contribution in [-0.4, -0.2) is 16.2 Å². The van der Waals surface area contributed by atoms with E-state index in [0.717, 1.165) is 6.92 Å². The topological polar surface area (TPSA) is 57.5 Å². The Hall–Kier alpha value is -0.990. The molecule has 0 bridgehead atoms. The smallest absolute Gasteiger partial charge is 0.300 e. The third kappa shape index (κ3) is 8.92. The Kier molecular flexibility index (Phi) is 7.07. The fourth-order valence-electron chi connectivity index (χ4n) is 1.45. The molecular formula is C10H18O3. The number of hydrogen-bond donors (Lipinski definition) is 2. The van der Waals surface area contributed by atoms with Gasteiger partial charge in [0.15, 0.2) is 0 Å². The lowest BCUT2D eigenvalue weighted by atomic mass is 9.89. The molecule has 0 unspecified atom stereocenters. The van der Waals surface area contributed by atoms with Crippen LogP contribution in [0.2, 0.25) is 0 Å². The standard InChI is InChI=1S/C8H14O.C2H4O2/c9-7-6-8-4-2-1-3-5-8;1-2(3)4/h6-9H,1-5H2;1H3,(H,3,4). The molecule has 0 saturated heterocycles. The molecule has 0 radical (unpaired) electrons. The quantitative estimate of drug-likeness (QED) is 0.619. The van der Waals surface area contributed by atoms with Crippen LogP contribution in [0.25, 0.3) is 0 Å². The van der Waals surface area contributed by atoms with E-state index in [1.807, 2.05) is 6.08 Å². The second-order valence-electron chi connectivity index (χ2n) is 3.26. The molecule has 3 nitrogen and oxygen atoms in total. The summed E-state index contributed by atoms with van der Waals surface area (Å²) in [6, 6.07) is 0. The average molecular weight is 186 g/mol. The highest BCUT2D eigenvalue weighted by Gasteiger charge is 2.08. The third-order valence-corrected chi connectivity index (χ3v) is 2.01. The summed E-state index contributed by atoms with van der Waals surface area (Å²) < 4.78 is 0. The van der Waals surface area contributed by atoms with Gasteiger partial charge in [-0.15, -0.1) is 0 Å². The number of aliphatic carboxylic acids is 1. The largest absolute Gasteiger partial charge is 0.516 e. The summed E-state index contributed by atoms with van der Waals surface area (Å²) in [5, 5.41) is 15.9. The van der Waals surface area contributed by atoms with Gasteiger partial charge in [0.05, 0.1) is 6.26 Å². The molecule has 1 aliphatic carbocycles. The fraction of sp³-hybridized carbons (Fsp3) is 0.700. The molecule has 0 aliphatic heterocycles. The number of aliphatic hydroxyl groups excluding tert-OH is 1. The summed E-state index contributed by atoms with van der Waals surface area (Å²) >= 11 is 0. The maximum atomic E-state index is 9.00. The van der Waals surface area contributed by atoms with E-state index in [4.69, 9.17) is 15.0 Å². The zero-order valence-electron chi connectivity index (χ0n) is 8.07. The van der Waals surface area contributed by atoms with Gasteiger partial charge < -0.3 is 10.2 Å². The van der Waals surface area contributed by atoms with Crippen molar-refractivity contribution in [3.05, 3.63) is 12.3 Å². The summed E-state index contributed by atoms with van der Waals surface area (Å²) in [5.74, 6) is -0.163. The van der Waals surface area contributed by atoms with Gasteiger partial charge in [0, 0.05) is 6.92 Å². The monoisotopic (exact) mass is 186 g/mol. The van der Waals surface area contributed by atoms with Crippen molar-refractivity contribution in [1.82, 2.24) is 0 Å². The molecule has 1 fully saturated rings. The van der Waals surface area contributed by atoms with Crippen molar-refractivity contribution in [2.45, 2.75) is 39.0 Å². The van der Waals surface area contributed by atoms with E-state index in [1.54, 1.807) is 0 Å². The lowest BCUT2D eigenvalue weighted by Crippen LogP contribution is -2.02. The van der Waals surface area contributed by atoms with Crippen molar-refractivity contribution >= 4 is 5.97 Å². The summed E-state index contributed by atoms with van der Waals surface area (Å²) in [7, 11) is 0. The van der Waals surface area contributed by atoms with Gasteiger partial charge in [-0.05, 0) is 24.8 Å². The molecule has 0 aromatic heterocycles. The molecule has 0 aromatic carbocycles. The van der Waals surface area contributed by atoms with Gasteiger partial charge in [-0.3, -0.25) is 4.79 Å². The van der Waals surface area contributed by atoms with Crippen LogP contribution in [0.1, 0.15) is 39.0 Å². The van der Waals surface area contributed by atoms with Crippen molar-refractivity contribution in [3.8, 4) is 0 Å². The second kappa shape index (κ2) is 7.65. The van der Waals surface area contributed by atoms with Crippen LogP contribution in [0.15, 0.2) is 12.3 Å². The molecule has 3 heteroatoms. The zero-order valence-corrected chi connectivity index (χ0v) is 8.07. The molecule has 1 aliphatic rings. The van der Waals surface area contributed by atoms with E-state index in [0.29, 0.717) is 5.92 Å². The minimum absolute atomic E-state index is 0.670. The molecular weight excluding hydrogens is 168 g/mol. The van der Waals surface area contributed by atoms with Gasteiger partial charge in [-0.2, -0.15) is 0 Å². The van der Waals surface area contributed by atoms with Gasteiger partial charge in [0.1, 0.15) is 0 Å². The summed E-state index contributed by atoms with van der Waals surface area (Å²) in [6.07, 6.45) is 9.73. The highest BCUT2D eigenvalue weighted by atomic mass is 16.4. The second-order valence-corrected chi connectivity index (χ2v) is 3.26. The van der Waals surface area contributed by atoms with E-state index in [-0.39, 0.29) is 0 Å². The molecule has 0 heterocycles. The van der Waals surface area contributed by atoms with Crippen LogP contribution in [0.4, 0.5) is 0 Å². The van der Waals surface area contributed by atoms with Crippen LogP contribution < -0.4 is 0 Å². The van der Waals surface area contributed by atoms with Crippen LogP contribution in [0.5, 0.6) is 0 Å². The van der Waals surface area contributed by atoms with Gasteiger partial charge >= 0.3 is 0 Å². The van der Waals surface area contributed by atoms with E-state index in [1.165, 1.54) is 38.4 Å². The lowest BCUT2D eigenvalue weighted by Gasteiger charge is -2.16. The number of allylic oxidation sites excluding steroid dienone is 1. The molecule has 0 aromatic rings. The van der Waals surface area contributed by atoms with Crippen molar-refractivity contribution in [1.29, 1.82) is 0 Å². The fourth-order valence-corrected chi connectivity index (χ4v) is 1.45. The molecule has 1 saturated carbocycles. The molecule has 0 amide bonds. The maximum Gasteiger partial charge on any atom is 0.300 e. The van der Waals surface area contributed by atoms with Crippen molar-refractivity contribution in [2.75, 3.05) is 0 Å². The van der Waals surface area contributed by atoms with Crippen molar-refractivity contribution < 1.29 is 15.0 Å². The first-order chi connectivity index (χ1) is 6.16. The van der Waals surface area contributed by atoms with Crippen LogP contribution in [-0.2, 0) is 4.79 Å². The van der Waals surface area contributed by atoms with Crippen LogP contribution in [0, 0.1) is 5.92 Å². The van der Waals surface area contributed by atoms with Gasteiger partial charge in [0.2, 0.25) is 0 Å². The Bertz CT molecular complexity index is 154. The predicted octanol–water partition coefficient (Wildman–Crippen LogP) is 2.73. The average Bonchev–Trinajstić information content (AvgIpc) is 2.06. The number of carboxylic acid groups (broad SMARTS) is 1. The van der Waals surface area contributed by atoms with Crippen molar-refractivity contribution in [3.63, 3.8) is 0 Å². The molecule has 0 spiro atoms. The zero-order chi connectivity index (χ0) is 10.1. The first kappa shape index (κ1) is 12.0. The minimum atomic E-state index is -0.833. The van der Waals surface area contributed by atoms with Crippen LogP contribution >= 0.6 is 0 Å². The lowest BCUT2D eigenvalue weighted by molar-refractivity contribution is -0.134. The number of aliphatic hydroxyl groups is 1. The first-order valence-electron chi connectivity index (χ1n) is 4.67. The maximum absolute atomic E-state index is 9.00. The summed E-state index contributed by atoms with van der Waals surface area (Å²) in [4.78, 5) is 9.00. The normalized spacial score (nSPS) is 17.9.